The van der Waals surface area contributed by atoms with Gasteiger partial charge in [0.05, 0.1) is 39.9 Å². The summed E-state index contributed by atoms with van der Waals surface area (Å²) in [4.78, 5) is 24.9. The molecule has 294 valence electrons. The number of amides is 1. The van der Waals surface area contributed by atoms with Gasteiger partial charge in [0.1, 0.15) is 13.2 Å². The molecule has 50 heavy (non-hydrogen) atoms. The van der Waals surface area contributed by atoms with Gasteiger partial charge in [-0.25, -0.2) is 0 Å². The number of unbranched alkanes of at least 4 members (excludes halogenated alkanes) is 19. The molecule has 0 bridgehead atoms. The van der Waals surface area contributed by atoms with Crippen molar-refractivity contribution in [3.63, 3.8) is 0 Å². The number of likely N-dealkylation sites (N-methyl/N-ethyl adjacent to an activating group) is 1. The van der Waals surface area contributed by atoms with Crippen molar-refractivity contribution < 1.29 is 32.9 Å². The number of carbonyl (C=O) groups is 1. The van der Waals surface area contributed by atoms with E-state index < -0.39 is 20.0 Å². The Morgan fingerprint density at radius 3 is 1.70 bits per heavy atom. The van der Waals surface area contributed by atoms with E-state index in [9.17, 15) is 19.4 Å². The molecule has 0 aliphatic rings. The van der Waals surface area contributed by atoms with E-state index in [1.54, 1.807) is 6.08 Å². The minimum Gasteiger partial charge on any atom is -0.756 e. The molecule has 0 fully saturated rings. The minimum absolute atomic E-state index is 0.00314. The summed E-state index contributed by atoms with van der Waals surface area (Å²) in [5.41, 5.74) is 0. The van der Waals surface area contributed by atoms with E-state index in [0.717, 1.165) is 38.5 Å². The van der Waals surface area contributed by atoms with Crippen LogP contribution < -0.4 is 10.2 Å². The zero-order valence-electron chi connectivity index (χ0n) is 33.1. The summed E-state index contributed by atoms with van der Waals surface area (Å²) < 4.78 is 22.8. The number of hydrogen-bond donors (Lipinski definition) is 2. The van der Waals surface area contributed by atoms with E-state index in [1.807, 2.05) is 34.1 Å². The Bertz CT molecular complexity index is 917. The summed E-state index contributed by atoms with van der Waals surface area (Å²) in [5.74, 6) is -0.212. The van der Waals surface area contributed by atoms with Crippen LogP contribution in [0.5, 0.6) is 0 Å². The highest BCUT2D eigenvalue weighted by molar-refractivity contribution is 7.45. The summed E-state index contributed by atoms with van der Waals surface area (Å²) in [6.45, 7) is 4.40. The molecule has 0 aromatic carbocycles. The van der Waals surface area contributed by atoms with Crippen molar-refractivity contribution in [2.45, 2.75) is 180 Å². The predicted molar refractivity (Wildman–Crippen MR) is 210 cm³/mol. The van der Waals surface area contributed by atoms with Crippen molar-refractivity contribution in [1.29, 1.82) is 0 Å². The number of rotatable bonds is 36. The predicted octanol–water partition coefficient (Wildman–Crippen LogP) is 10.1. The third-order valence-corrected chi connectivity index (χ3v) is 9.79. The van der Waals surface area contributed by atoms with Crippen molar-refractivity contribution in [1.82, 2.24) is 5.32 Å². The lowest BCUT2D eigenvalue weighted by molar-refractivity contribution is -0.870. The zero-order valence-corrected chi connectivity index (χ0v) is 34.0. The average molecular weight is 727 g/mol. The molecule has 0 aromatic heterocycles. The first kappa shape index (κ1) is 48.7. The second-order valence-corrected chi connectivity index (χ2v) is 16.4. The van der Waals surface area contributed by atoms with Gasteiger partial charge < -0.3 is 28.8 Å². The second-order valence-electron chi connectivity index (χ2n) is 15.0. The summed E-state index contributed by atoms with van der Waals surface area (Å²) >= 11 is 0. The van der Waals surface area contributed by atoms with Crippen LogP contribution in [0.25, 0.3) is 0 Å². The monoisotopic (exact) mass is 727 g/mol. The Balaban J connectivity index is 3.91. The van der Waals surface area contributed by atoms with Gasteiger partial charge in [0.25, 0.3) is 7.82 Å². The van der Waals surface area contributed by atoms with Crippen molar-refractivity contribution in [3.8, 4) is 0 Å². The van der Waals surface area contributed by atoms with Gasteiger partial charge in [-0.1, -0.05) is 153 Å². The van der Waals surface area contributed by atoms with E-state index in [-0.39, 0.29) is 19.1 Å². The smallest absolute Gasteiger partial charge is 0.268 e. The maximum atomic E-state index is 12.6. The number of allylic oxidation sites excluding steroid dienone is 5. The maximum absolute atomic E-state index is 12.6. The molecule has 0 spiro atoms. The van der Waals surface area contributed by atoms with Gasteiger partial charge in [-0.15, -0.1) is 0 Å². The van der Waals surface area contributed by atoms with Crippen LogP contribution in [0.4, 0.5) is 0 Å². The van der Waals surface area contributed by atoms with Crippen LogP contribution in [0.3, 0.4) is 0 Å². The first-order valence-corrected chi connectivity index (χ1v) is 21.8. The van der Waals surface area contributed by atoms with Gasteiger partial charge in [0, 0.05) is 6.42 Å². The van der Waals surface area contributed by atoms with Crippen LogP contribution in [-0.4, -0.2) is 68.5 Å². The van der Waals surface area contributed by atoms with Crippen molar-refractivity contribution >= 4 is 13.7 Å². The molecular weight excluding hydrogens is 647 g/mol. The minimum atomic E-state index is -4.56. The van der Waals surface area contributed by atoms with Crippen molar-refractivity contribution in [3.05, 3.63) is 36.5 Å². The molecule has 1 amide bonds. The number of phosphoric acid groups is 1. The maximum Gasteiger partial charge on any atom is 0.268 e. The number of carbonyl (C=O) groups excluding carboxylic acids is 1. The molecule has 3 unspecified atom stereocenters. The highest BCUT2D eigenvalue weighted by atomic mass is 31.2. The van der Waals surface area contributed by atoms with E-state index in [0.29, 0.717) is 17.4 Å². The quantitative estimate of drug-likeness (QED) is 0.0288. The fourth-order valence-corrected chi connectivity index (χ4v) is 6.26. The molecule has 0 saturated heterocycles. The second kappa shape index (κ2) is 33.5. The molecule has 0 heterocycles. The molecule has 0 aliphatic heterocycles. The van der Waals surface area contributed by atoms with Gasteiger partial charge in [-0.2, -0.15) is 0 Å². The molecule has 0 aliphatic carbocycles. The summed E-state index contributed by atoms with van der Waals surface area (Å²) in [5, 5.41) is 13.4. The summed E-state index contributed by atoms with van der Waals surface area (Å²) in [6.07, 6.45) is 40.0. The molecular formula is C41H79N2O6P. The summed E-state index contributed by atoms with van der Waals surface area (Å²) in [7, 11) is 1.25. The molecule has 0 radical (unpaired) electrons. The molecule has 0 saturated carbocycles. The van der Waals surface area contributed by atoms with Crippen LogP contribution in [0.2, 0.25) is 0 Å². The van der Waals surface area contributed by atoms with E-state index >= 15 is 0 Å². The Morgan fingerprint density at radius 1 is 0.700 bits per heavy atom. The topological polar surface area (TPSA) is 108 Å². The van der Waals surface area contributed by atoms with Crippen LogP contribution in [0, 0.1) is 0 Å². The zero-order chi connectivity index (χ0) is 37.2. The Kier molecular flexibility index (Phi) is 32.7. The lowest BCUT2D eigenvalue weighted by atomic mass is 10.0. The molecule has 3 atom stereocenters. The number of phosphoric ester groups is 1. The number of nitrogens with zero attached hydrogens (tertiary/aromatic N) is 1. The van der Waals surface area contributed by atoms with Crippen LogP contribution in [0.15, 0.2) is 36.5 Å². The number of aliphatic hydroxyl groups is 1. The Morgan fingerprint density at radius 2 is 1.20 bits per heavy atom. The van der Waals surface area contributed by atoms with E-state index in [2.05, 4.69) is 36.5 Å². The fourth-order valence-electron chi connectivity index (χ4n) is 5.54. The number of aliphatic hydroxyl groups excluding tert-OH is 1. The molecule has 0 rings (SSSR count). The fraction of sp³-hybridized carbons (Fsp3) is 0.829. The standard InChI is InChI=1S/C41H79N2O6P/c1-6-8-10-11-12-13-14-15-16-17-18-19-20-21-22-23-24-25-26-27-28-29-30-31-33-35-41(45)42-39(40(44)34-32-9-7-2)38-49-50(46,47)48-37-36-43(3,4)5/h14-15,17-18,32,34,39-40,44H,6-13,16,19-31,33,35-38H2,1-5H3,(H-,42,45,46,47)/b15-14-,18-17-,34-32+. The van der Waals surface area contributed by atoms with Gasteiger partial charge in [0.2, 0.25) is 5.91 Å². The van der Waals surface area contributed by atoms with Crippen LogP contribution >= 0.6 is 7.82 Å². The van der Waals surface area contributed by atoms with Gasteiger partial charge in [-0.05, 0) is 44.9 Å². The van der Waals surface area contributed by atoms with Crippen LogP contribution in [0.1, 0.15) is 168 Å². The first-order chi connectivity index (χ1) is 24.0. The number of nitrogens with one attached hydrogen (secondary N) is 1. The average Bonchev–Trinajstić information content (AvgIpc) is 3.06. The van der Waals surface area contributed by atoms with Gasteiger partial charge in [0.15, 0.2) is 0 Å². The van der Waals surface area contributed by atoms with Crippen LogP contribution in [-0.2, 0) is 18.4 Å². The molecule has 2 N–H and O–H groups in total. The highest BCUT2D eigenvalue weighted by Gasteiger charge is 2.23. The molecule has 8 nitrogen and oxygen atoms in total. The van der Waals surface area contributed by atoms with E-state index in [1.165, 1.54) is 109 Å². The first-order valence-electron chi connectivity index (χ1n) is 20.4. The lowest BCUT2D eigenvalue weighted by Crippen LogP contribution is -2.45. The van der Waals surface area contributed by atoms with Gasteiger partial charge >= 0.3 is 0 Å². The summed E-state index contributed by atoms with van der Waals surface area (Å²) in [6, 6.07) is -0.880. The molecule has 0 aromatic rings. The number of quaternary nitrogens is 1. The SMILES string of the molecule is CCC/C=C/C(O)C(COP(=O)([O-])OCC[N+](C)(C)C)NC(=O)CCCCCCCCCCCCCCC/C=C\C/C=C\CCCCCCC. The lowest BCUT2D eigenvalue weighted by Gasteiger charge is -2.29. The Labute approximate surface area is 308 Å². The third kappa shape index (κ3) is 35.1. The van der Waals surface area contributed by atoms with Gasteiger partial charge in [-0.3, -0.25) is 9.36 Å². The largest absolute Gasteiger partial charge is 0.756 e. The van der Waals surface area contributed by atoms with Crippen molar-refractivity contribution in [2.75, 3.05) is 40.9 Å². The van der Waals surface area contributed by atoms with Crippen molar-refractivity contribution in [2.24, 2.45) is 0 Å². The molecule has 9 heteroatoms. The normalized spacial score (nSPS) is 14.9. The number of hydrogen-bond acceptors (Lipinski definition) is 6. The Hall–Kier alpha value is -1.28. The third-order valence-electron chi connectivity index (χ3n) is 8.83. The highest BCUT2D eigenvalue weighted by Crippen LogP contribution is 2.38. The van der Waals surface area contributed by atoms with E-state index in [4.69, 9.17) is 9.05 Å².